The largest absolute Gasteiger partial charge is 0.480 e. The van der Waals surface area contributed by atoms with Gasteiger partial charge in [0.1, 0.15) is 12.6 Å². The smallest absolute Gasteiger partial charge is 0.322 e. The average Bonchev–Trinajstić information content (AvgIpc) is 3.04. The molecule has 0 aliphatic heterocycles. The number of carbonyl (C=O) groups is 3. The number of unbranched alkanes of at least 4 members (excludes halogenated alkanes) is 16. The molecule has 0 aliphatic rings. The summed E-state index contributed by atoms with van der Waals surface area (Å²) in [6.07, 6.45) is 44.0. The van der Waals surface area contributed by atoms with Crippen LogP contribution >= 0.6 is 0 Å². The van der Waals surface area contributed by atoms with Gasteiger partial charge in [0.25, 0.3) is 0 Å². The molecule has 0 rings (SSSR count). The highest BCUT2D eigenvalue weighted by Gasteiger charge is 2.11. The van der Waals surface area contributed by atoms with E-state index in [2.05, 4.69) is 61.7 Å². The maximum atomic E-state index is 12.6. The third kappa shape index (κ3) is 34.2. The Hall–Kier alpha value is -2.63. The fourth-order valence-electron chi connectivity index (χ4n) is 5.15. The summed E-state index contributed by atoms with van der Waals surface area (Å²) in [4.78, 5) is 34.8. The predicted molar refractivity (Wildman–Crippen MR) is 194 cm³/mol. The second kappa shape index (κ2) is 35.2. The second-order valence-electron chi connectivity index (χ2n) is 12.5. The fourth-order valence-corrected chi connectivity index (χ4v) is 5.15. The topological polar surface area (TPSA) is 92.7 Å². The average molecular weight is 644 g/mol. The minimum Gasteiger partial charge on any atom is -0.480 e. The standard InChI is InChI=1S/C40H69NO5/c1-3-5-7-9-11-12-13-14-15-16-17-18-19-20-21-22-23-25-31-35-40(45)46-37(32-28-24-10-8-6-4-2)33-29-26-27-30-34-38(42)41-36-39(43)44/h8,10-12,14-15,28,32,37H,3-7,9,13,16-27,29-31,33-36H2,1-2H3,(H,41,42)(H,43,44)/b10-8-,12-11-,15-14-,32-28-. The number of nitrogens with one attached hydrogen (secondary N) is 1. The van der Waals surface area contributed by atoms with Gasteiger partial charge < -0.3 is 15.2 Å². The lowest BCUT2D eigenvalue weighted by Gasteiger charge is -2.14. The molecule has 0 saturated heterocycles. The minimum absolute atomic E-state index is 0.108. The Morgan fingerprint density at radius 1 is 0.587 bits per heavy atom. The van der Waals surface area contributed by atoms with Gasteiger partial charge in [0.2, 0.25) is 5.91 Å². The molecule has 0 aromatic carbocycles. The molecule has 1 unspecified atom stereocenters. The first-order valence-corrected chi connectivity index (χ1v) is 18.8. The summed E-state index contributed by atoms with van der Waals surface area (Å²) < 4.78 is 5.84. The number of hydrogen-bond donors (Lipinski definition) is 2. The van der Waals surface area contributed by atoms with E-state index in [1.54, 1.807) is 0 Å². The molecule has 0 radical (unpaired) electrons. The first-order chi connectivity index (χ1) is 22.5. The van der Waals surface area contributed by atoms with Gasteiger partial charge in [-0.05, 0) is 76.7 Å². The summed E-state index contributed by atoms with van der Waals surface area (Å²) >= 11 is 0. The first-order valence-electron chi connectivity index (χ1n) is 18.8. The van der Waals surface area contributed by atoms with Crippen LogP contribution in [0.15, 0.2) is 48.6 Å². The SMILES string of the molecule is CCC/C=C\C/C=C\C(CCCCCCC(=O)NCC(=O)O)OC(=O)CCCCCCCCCCC/C=C\C/C=C\CCCCC. The van der Waals surface area contributed by atoms with Crippen LogP contribution in [0.25, 0.3) is 0 Å². The van der Waals surface area contributed by atoms with Crippen LogP contribution in [0.1, 0.15) is 174 Å². The first kappa shape index (κ1) is 43.4. The van der Waals surface area contributed by atoms with Crippen LogP contribution in [0.5, 0.6) is 0 Å². The van der Waals surface area contributed by atoms with Crippen molar-refractivity contribution in [3.05, 3.63) is 48.6 Å². The number of carboxylic acids is 1. The highest BCUT2D eigenvalue weighted by Crippen LogP contribution is 2.15. The molecule has 1 atom stereocenters. The highest BCUT2D eigenvalue weighted by atomic mass is 16.5. The molecule has 0 fully saturated rings. The number of rotatable bonds is 33. The number of aliphatic carboxylic acids is 1. The van der Waals surface area contributed by atoms with Crippen molar-refractivity contribution < 1.29 is 24.2 Å². The van der Waals surface area contributed by atoms with Gasteiger partial charge in [0.05, 0.1) is 0 Å². The van der Waals surface area contributed by atoms with Gasteiger partial charge >= 0.3 is 11.9 Å². The quantitative estimate of drug-likeness (QED) is 0.0422. The van der Waals surface area contributed by atoms with Gasteiger partial charge in [0.15, 0.2) is 0 Å². The summed E-state index contributed by atoms with van der Waals surface area (Å²) in [5.74, 6) is -1.36. The third-order valence-electron chi connectivity index (χ3n) is 7.94. The molecule has 264 valence electrons. The number of allylic oxidation sites excluding steroid dienone is 7. The van der Waals surface area contributed by atoms with Crippen LogP contribution in [0.4, 0.5) is 0 Å². The highest BCUT2D eigenvalue weighted by molar-refractivity contribution is 5.80. The molecule has 0 aromatic heterocycles. The number of hydrogen-bond acceptors (Lipinski definition) is 4. The van der Waals surface area contributed by atoms with E-state index < -0.39 is 5.97 Å². The zero-order valence-corrected chi connectivity index (χ0v) is 29.7. The Morgan fingerprint density at radius 3 is 1.72 bits per heavy atom. The summed E-state index contributed by atoms with van der Waals surface area (Å²) in [7, 11) is 0. The molecule has 2 N–H and O–H groups in total. The molecule has 46 heavy (non-hydrogen) atoms. The van der Waals surface area contributed by atoms with Crippen LogP contribution < -0.4 is 5.32 Å². The Kier molecular flexibility index (Phi) is 33.2. The van der Waals surface area contributed by atoms with Gasteiger partial charge in [-0.2, -0.15) is 0 Å². The molecule has 0 spiro atoms. The van der Waals surface area contributed by atoms with Crippen LogP contribution in [0.2, 0.25) is 0 Å². The van der Waals surface area contributed by atoms with Crippen LogP contribution in [0, 0.1) is 0 Å². The van der Waals surface area contributed by atoms with Crippen molar-refractivity contribution in [3.8, 4) is 0 Å². The molecule has 0 aliphatic carbocycles. The van der Waals surface area contributed by atoms with Crippen LogP contribution in [-0.4, -0.2) is 35.6 Å². The van der Waals surface area contributed by atoms with E-state index in [1.807, 2.05) is 6.08 Å². The summed E-state index contributed by atoms with van der Waals surface area (Å²) in [5.41, 5.74) is 0. The number of amides is 1. The van der Waals surface area contributed by atoms with Crippen molar-refractivity contribution in [3.63, 3.8) is 0 Å². The van der Waals surface area contributed by atoms with E-state index in [9.17, 15) is 14.4 Å². The molecule has 6 heteroatoms. The van der Waals surface area contributed by atoms with E-state index in [4.69, 9.17) is 9.84 Å². The van der Waals surface area contributed by atoms with E-state index in [-0.39, 0.29) is 24.5 Å². The molecule has 1 amide bonds. The Labute approximate surface area is 282 Å². The zero-order chi connectivity index (χ0) is 33.8. The summed E-state index contributed by atoms with van der Waals surface area (Å²) in [6.45, 7) is 4.08. The molecule has 0 bridgehead atoms. The molecule has 0 aromatic rings. The second-order valence-corrected chi connectivity index (χ2v) is 12.5. The summed E-state index contributed by atoms with van der Waals surface area (Å²) in [5, 5.41) is 11.0. The monoisotopic (exact) mass is 644 g/mol. The molecular formula is C40H69NO5. The lowest BCUT2D eigenvalue weighted by Crippen LogP contribution is -2.28. The molecule has 0 saturated carbocycles. The van der Waals surface area contributed by atoms with E-state index in [0.717, 1.165) is 70.6 Å². The molecular weight excluding hydrogens is 574 g/mol. The van der Waals surface area contributed by atoms with E-state index >= 15 is 0 Å². The maximum absolute atomic E-state index is 12.6. The van der Waals surface area contributed by atoms with Crippen molar-refractivity contribution in [1.29, 1.82) is 0 Å². The van der Waals surface area contributed by atoms with Gasteiger partial charge in [0, 0.05) is 12.8 Å². The van der Waals surface area contributed by atoms with E-state index in [0.29, 0.717) is 12.8 Å². The number of carbonyl (C=O) groups excluding carboxylic acids is 2. The number of carboxylic acid groups (broad SMARTS) is 1. The van der Waals surface area contributed by atoms with E-state index in [1.165, 1.54) is 77.0 Å². The normalized spacial score (nSPS) is 12.6. The van der Waals surface area contributed by atoms with Gasteiger partial charge in [-0.25, -0.2) is 0 Å². The van der Waals surface area contributed by atoms with Crippen molar-refractivity contribution in [1.82, 2.24) is 5.32 Å². The Bertz CT molecular complexity index is 845. The Balaban J connectivity index is 4.00. The van der Waals surface area contributed by atoms with Gasteiger partial charge in [-0.1, -0.05) is 133 Å². The van der Waals surface area contributed by atoms with Crippen molar-refractivity contribution in [2.45, 2.75) is 180 Å². The van der Waals surface area contributed by atoms with Crippen molar-refractivity contribution in [2.75, 3.05) is 6.54 Å². The Morgan fingerprint density at radius 2 is 1.11 bits per heavy atom. The molecule has 6 nitrogen and oxygen atoms in total. The number of ether oxygens (including phenoxy) is 1. The van der Waals surface area contributed by atoms with Crippen molar-refractivity contribution >= 4 is 17.8 Å². The van der Waals surface area contributed by atoms with Gasteiger partial charge in [-0.3, -0.25) is 14.4 Å². The minimum atomic E-state index is -1.03. The van der Waals surface area contributed by atoms with Crippen LogP contribution in [-0.2, 0) is 19.1 Å². The predicted octanol–water partition coefficient (Wildman–Crippen LogP) is 11.1. The maximum Gasteiger partial charge on any atom is 0.322 e. The summed E-state index contributed by atoms with van der Waals surface area (Å²) in [6, 6.07) is 0. The molecule has 0 heterocycles. The lowest BCUT2D eigenvalue weighted by atomic mass is 10.1. The third-order valence-corrected chi connectivity index (χ3v) is 7.94. The lowest BCUT2D eigenvalue weighted by molar-refractivity contribution is -0.147. The number of esters is 1. The zero-order valence-electron chi connectivity index (χ0n) is 29.7. The van der Waals surface area contributed by atoms with Crippen molar-refractivity contribution in [2.24, 2.45) is 0 Å². The van der Waals surface area contributed by atoms with Gasteiger partial charge in [-0.15, -0.1) is 0 Å². The van der Waals surface area contributed by atoms with Crippen LogP contribution in [0.3, 0.4) is 0 Å². The fraction of sp³-hybridized carbons (Fsp3) is 0.725.